The minimum absolute atomic E-state index is 0. The van der Waals surface area contributed by atoms with E-state index in [1.165, 1.54) is 11.1 Å². The van der Waals surface area contributed by atoms with Crippen molar-refractivity contribution in [1.29, 1.82) is 0 Å². The van der Waals surface area contributed by atoms with Gasteiger partial charge >= 0.3 is 17.1 Å². The molecule has 0 fully saturated rings. The zero-order valence-electron chi connectivity index (χ0n) is 8.09. The predicted molar refractivity (Wildman–Crippen MR) is 74.9 cm³/mol. The van der Waals surface area contributed by atoms with E-state index in [2.05, 4.69) is 48.5 Å². The number of hydrogen-bond acceptors (Lipinski definition) is 0. The second-order valence-electron chi connectivity index (χ2n) is 2.73. The first-order chi connectivity index (χ1) is 5.97. The molecule has 2 aromatic rings. The molecule has 3 heteroatoms. The van der Waals surface area contributed by atoms with Crippen LogP contribution in [0.2, 0.25) is 0 Å². The molecule has 0 aromatic heterocycles. The number of rotatable bonds is 1. The molecule has 0 saturated heterocycles. The van der Waals surface area contributed by atoms with Crippen molar-refractivity contribution in [3.63, 3.8) is 0 Å². The van der Waals surface area contributed by atoms with E-state index >= 15 is 0 Å². The van der Waals surface area contributed by atoms with E-state index in [1.807, 2.05) is 12.1 Å². The molecule has 0 nitrogen and oxygen atoms in total. The van der Waals surface area contributed by atoms with Crippen molar-refractivity contribution in [3.05, 3.63) is 60.7 Å². The van der Waals surface area contributed by atoms with Gasteiger partial charge in [-0.3, -0.25) is 0 Å². The fraction of sp³-hybridized carbons (Fsp3) is 0. The van der Waals surface area contributed by atoms with Crippen molar-refractivity contribution >= 4 is 41.9 Å². The van der Waals surface area contributed by atoms with Crippen LogP contribution >= 0.6 is 24.8 Å². The van der Waals surface area contributed by atoms with Gasteiger partial charge in [0, 0.05) is 0 Å². The molecular formula is C12H14Cl2Se. The molecule has 2 rings (SSSR count). The molecule has 2 aromatic carbocycles. The minimum atomic E-state index is 0. The fourth-order valence-corrected chi connectivity index (χ4v) is 1.26. The summed E-state index contributed by atoms with van der Waals surface area (Å²) >= 11 is 0. The van der Waals surface area contributed by atoms with Gasteiger partial charge < -0.3 is 0 Å². The van der Waals surface area contributed by atoms with E-state index in [0.29, 0.717) is 0 Å². The van der Waals surface area contributed by atoms with Gasteiger partial charge in [0.2, 0.25) is 0 Å². The van der Waals surface area contributed by atoms with Crippen molar-refractivity contribution in [1.82, 2.24) is 0 Å². The second kappa shape index (κ2) is 8.82. The summed E-state index contributed by atoms with van der Waals surface area (Å²) < 4.78 is 0. The maximum absolute atomic E-state index is 2.12. The van der Waals surface area contributed by atoms with E-state index in [4.69, 9.17) is 0 Å². The van der Waals surface area contributed by atoms with Crippen molar-refractivity contribution in [2.24, 2.45) is 0 Å². The van der Waals surface area contributed by atoms with Crippen LogP contribution in [0, 0.1) is 0 Å². The maximum Gasteiger partial charge on any atom is -0.0184 e. The topological polar surface area (TPSA) is 0 Å². The van der Waals surface area contributed by atoms with Crippen LogP contribution in [0.3, 0.4) is 0 Å². The normalized spacial score (nSPS) is 7.73. The summed E-state index contributed by atoms with van der Waals surface area (Å²) in [5.41, 5.74) is 2.55. The SMILES string of the molecule is Cl.Cl.[SeH2].c1ccc(-c2ccccc2)cc1. The van der Waals surface area contributed by atoms with E-state index in [0.717, 1.165) is 0 Å². The fourth-order valence-electron chi connectivity index (χ4n) is 1.26. The molecule has 0 aliphatic carbocycles. The smallest absolute Gasteiger partial charge is 0.0184 e. The Morgan fingerprint density at radius 2 is 0.733 bits per heavy atom. The third-order valence-corrected chi connectivity index (χ3v) is 1.88. The van der Waals surface area contributed by atoms with Gasteiger partial charge in [-0.2, -0.15) is 0 Å². The Kier molecular flexibility index (Phi) is 9.96. The molecule has 0 saturated carbocycles. The summed E-state index contributed by atoms with van der Waals surface area (Å²) in [5, 5.41) is 0. The standard InChI is InChI=1S/C12H10.2ClH.H2Se/c1-3-7-11(8-4-1)12-9-5-2-6-10-12;;;/h1-10H;2*1H;1H2. The quantitative estimate of drug-likeness (QED) is 0.709. The van der Waals surface area contributed by atoms with Crippen LogP contribution in [0.5, 0.6) is 0 Å². The van der Waals surface area contributed by atoms with Gasteiger partial charge in [0.25, 0.3) is 0 Å². The molecule has 0 spiro atoms. The van der Waals surface area contributed by atoms with Crippen molar-refractivity contribution < 1.29 is 0 Å². The van der Waals surface area contributed by atoms with E-state index in [9.17, 15) is 0 Å². The minimum Gasteiger partial charge on any atom is -0.0622 e. The van der Waals surface area contributed by atoms with Gasteiger partial charge in [0.15, 0.2) is 0 Å². The van der Waals surface area contributed by atoms with Crippen LogP contribution in [-0.2, 0) is 0 Å². The Balaban J connectivity index is 0. The third-order valence-electron chi connectivity index (χ3n) is 1.88. The Morgan fingerprint density at radius 3 is 1.00 bits per heavy atom. The molecule has 0 amide bonds. The van der Waals surface area contributed by atoms with Crippen LogP contribution in [0.1, 0.15) is 0 Å². The number of benzene rings is 2. The molecular weight excluding hydrogens is 294 g/mol. The van der Waals surface area contributed by atoms with Crippen molar-refractivity contribution in [3.8, 4) is 11.1 Å². The van der Waals surface area contributed by atoms with Gasteiger partial charge in [-0.05, 0) is 11.1 Å². The Morgan fingerprint density at radius 1 is 0.467 bits per heavy atom. The van der Waals surface area contributed by atoms with Crippen LogP contribution in [0.4, 0.5) is 0 Å². The first kappa shape index (κ1) is 17.0. The Hall–Kier alpha value is -0.461. The van der Waals surface area contributed by atoms with Gasteiger partial charge in [-0.15, -0.1) is 24.8 Å². The average molecular weight is 308 g/mol. The second-order valence-corrected chi connectivity index (χ2v) is 2.73. The number of hydrogen-bond donors (Lipinski definition) is 0. The van der Waals surface area contributed by atoms with Crippen LogP contribution < -0.4 is 0 Å². The predicted octanol–water partition coefficient (Wildman–Crippen LogP) is 3.28. The average Bonchev–Trinajstić information content (AvgIpc) is 2.21. The van der Waals surface area contributed by atoms with Gasteiger partial charge in [-0.1, -0.05) is 60.7 Å². The van der Waals surface area contributed by atoms with E-state index in [-0.39, 0.29) is 41.9 Å². The summed E-state index contributed by atoms with van der Waals surface area (Å²) in [7, 11) is 0. The van der Waals surface area contributed by atoms with Crippen LogP contribution in [0.15, 0.2) is 60.7 Å². The molecule has 15 heavy (non-hydrogen) atoms. The summed E-state index contributed by atoms with van der Waals surface area (Å²) in [6.45, 7) is 0. The van der Waals surface area contributed by atoms with Crippen LogP contribution in [0.25, 0.3) is 11.1 Å². The summed E-state index contributed by atoms with van der Waals surface area (Å²) in [4.78, 5) is 0. The van der Waals surface area contributed by atoms with E-state index < -0.39 is 0 Å². The van der Waals surface area contributed by atoms with Crippen molar-refractivity contribution in [2.45, 2.75) is 0 Å². The summed E-state index contributed by atoms with van der Waals surface area (Å²) in [6.07, 6.45) is 0. The molecule has 82 valence electrons. The molecule has 0 aliphatic heterocycles. The molecule has 0 unspecified atom stereocenters. The zero-order chi connectivity index (χ0) is 8.23. The third kappa shape index (κ3) is 4.72. The molecule has 0 heterocycles. The molecule has 0 bridgehead atoms. The van der Waals surface area contributed by atoms with Gasteiger partial charge in [0.1, 0.15) is 0 Å². The zero-order valence-corrected chi connectivity index (χ0v) is 11.8. The summed E-state index contributed by atoms with van der Waals surface area (Å²) in [6, 6.07) is 20.8. The van der Waals surface area contributed by atoms with Crippen LogP contribution in [-0.4, -0.2) is 17.1 Å². The first-order valence-electron chi connectivity index (χ1n) is 4.07. The Labute approximate surface area is 113 Å². The molecule has 0 radical (unpaired) electrons. The molecule has 0 N–H and O–H groups in total. The van der Waals surface area contributed by atoms with Crippen molar-refractivity contribution in [2.75, 3.05) is 0 Å². The largest absolute Gasteiger partial charge is 0.0622 e. The van der Waals surface area contributed by atoms with Gasteiger partial charge in [-0.25, -0.2) is 0 Å². The molecule has 0 atom stereocenters. The molecule has 0 aliphatic rings. The Bertz CT molecular complexity index is 311. The number of halogens is 2. The maximum atomic E-state index is 2.12. The van der Waals surface area contributed by atoms with E-state index in [1.54, 1.807) is 0 Å². The monoisotopic (exact) mass is 308 g/mol. The first-order valence-corrected chi connectivity index (χ1v) is 4.07. The summed E-state index contributed by atoms with van der Waals surface area (Å²) in [5.74, 6) is 0. The van der Waals surface area contributed by atoms with Gasteiger partial charge in [0.05, 0.1) is 0 Å².